The van der Waals surface area contributed by atoms with Gasteiger partial charge in [-0.1, -0.05) is 0 Å². The van der Waals surface area contributed by atoms with E-state index in [4.69, 9.17) is 14.2 Å². The minimum absolute atomic E-state index is 0.255. The van der Waals surface area contributed by atoms with Crippen LogP contribution in [0.4, 0.5) is 0 Å². The molecule has 0 aromatic carbocycles. The van der Waals surface area contributed by atoms with Crippen molar-refractivity contribution < 1.29 is 24.4 Å². The van der Waals surface area contributed by atoms with E-state index in [0.717, 1.165) is 0 Å². The van der Waals surface area contributed by atoms with Crippen LogP contribution in [-0.2, 0) is 14.2 Å². The molecule has 142 valence electrons. The Morgan fingerprint density at radius 1 is 1.28 bits per heavy atom. The second-order valence-electron chi connectivity index (χ2n) is 6.14. The van der Waals surface area contributed by atoms with Gasteiger partial charge in [0.05, 0.1) is 51.3 Å². The first-order chi connectivity index (χ1) is 12.0. The number of aliphatic hydroxyl groups excluding tert-OH is 2. The monoisotopic (exact) mass is 358 g/mol. The van der Waals surface area contributed by atoms with Crippen LogP contribution in [0, 0.1) is 12.8 Å². The standard InChI is InChI=1S/C16H26N2O7/c1-10-8-18(16(22)17-15(10)21)12-7-13(20)11(9-19)14(12)25-6-5-24-4-3-23-2/h8,11-14,19-20H,3-7,9H2,1-2H3,(H,17,21,22)/t11-,12+,13+,14+/m1/s1. The third-order valence-corrected chi connectivity index (χ3v) is 4.46. The van der Waals surface area contributed by atoms with Crippen LogP contribution < -0.4 is 11.2 Å². The van der Waals surface area contributed by atoms with E-state index in [1.807, 2.05) is 0 Å². The summed E-state index contributed by atoms with van der Waals surface area (Å²) in [4.78, 5) is 26.0. The first-order valence-electron chi connectivity index (χ1n) is 8.28. The molecule has 0 bridgehead atoms. The Bertz CT molecular complexity index is 657. The number of nitrogens with one attached hydrogen (secondary N) is 1. The zero-order chi connectivity index (χ0) is 18.4. The van der Waals surface area contributed by atoms with Gasteiger partial charge in [0.15, 0.2) is 0 Å². The van der Waals surface area contributed by atoms with Gasteiger partial charge in [-0.3, -0.25) is 14.3 Å². The average molecular weight is 358 g/mol. The summed E-state index contributed by atoms with van der Waals surface area (Å²) >= 11 is 0. The molecular formula is C16H26N2O7. The molecule has 0 saturated heterocycles. The number of hydrogen-bond donors (Lipinski definition) is 3. The molecule has 1 aliphatic rings. The van der Waals surface area contributed by atoms with Crippen LogP contribution in [0.15, 0.2) is 15.8 Å². The van der Waals surface area contributed by atoms with Gasteiger partial charge in [-0.2, -0.15) is 0 Å². The molecular weight excluding hydrogens is 332 g/mol. The number of aromatic amines is 1. The minimum Gasteiger partial charge on any atom is -0.396 e. The maximum absolute atomic E-state index is 12.1. The van der Waals surface area contributed by atoms with E-state index in [9.17, 15) is 19.8 Å². The second kappa shape index (κ2) is 9.25. The molecule has 25 heavy (non-hydrogen) atoms. The molecule has 0 spiro atoms. The Morgan fingerprint density at radius 3 is 2.68 bits per heavy atom. The lowest BCUT2D eigenvalue weighted by atomic mass is 10.0. The maximum atomic E-state index is 12.1. The number of aryl methyl sites for hydroxylation is 1. The summed E-state index contributed by atoms with van der Waals surface area (Å²) in [6.45, 7) is 2.85. The minimum atomic E-state index is -0.798. The van der Waals surface area contributed by atoms with Gasteiger partial charge in [-0.15, -0.1) is 0 Å². The van der Waals surface area contributed by atoms with E-state index in [0.29, 0.717) is 25.4 Å². The van der Waals surface area contributed by atoms with Gasteiger partial charge in [0.2, 0.25) is 0 Å². The molecule has 2 rings (SSSR count). The predicted molar refractivity (Wildman–Crippen MR) is 88.7 cm³/mol. The normalized spacial score (nSPS) is 26.2. The lowest BCUT2D eigenvalue weighted by Crippen LogP contribution is -2.39. The Labute approximate surface area is 145 Å². The fourth-order valence-electron chi connectivity index (χ4n) is 3.11. The van der Waals surface area contributed by atoms with E-state index in [1.165, 1.54) is 10.8 Å². The van der Waals surface area contributed by atoms with Crippen molar-refractivity contribution >= 4 is 0 Å². The number of methoxy groups -OCH3 is 1. The summed E-state index contributed by atoms with van der Waals surface area (Å²) in [5.41, 5.74) is -0.609. The predicted octanol–water partition coefficient (Wildman–Crippen LogP) is -1.19. The van der Waals surface area contributed by atoms with Crippen molar-refractivity contribution in [2.75, 3.05) is 40.1 Å². The summed E-state index contributed by atoms with van der Waals surface area (Å²) < 4.78 is 17.4. The molecule has 1 aromatic rings. The van der Waals surface area contributed by atoms with Gasteiger partial charge in [0.25, 0.3) is 5.56 Å². The van der Waals surface area contributed by atoms with E-state index < -0.39 is 35.4 Å². The molecule has 1 saturated carbocycles. The largest absolute Gasteiger partial charge is 0.396 e. The van der Waals surface area contributed by atoms with Gasteiger partial charge >= 0.3 is 5.69 Å². The van der Waals surface area contributed by atoms with Crippen molar-refractivity contribution in [1.29, 1.82) is 0 Å². The lowest BCUT2D eigenvalue weighted by molar-refractivity contribution is -0.0546. The Morgan fingerprint density at radius 2 is 2.00 bits per heavy atom. The van der Waals surface area contributed by atoms with Crippen molar-refractivity contribution in [1.82, 2.24) is 9.55 Å². The van der Waals surface area contributed by atoms with Crippen molar-refractivity contribution in [3.05, 3.63) is 32.6 Å². The Hall–Kier alpha value is -1.52. The molecule has 9 heteroatoms. The van der Waals surface area contributed by atoms with E-state index in [-0.39, 0.29) is 19.6 Å². The zero-order valence-corrected chi connectivity index (χ0v) is 14.5. The molecule has 1 fully saturated rings. The smallest absolute Gasteiger partial charge is 0.328 e. The number of H-pyrrole nitrogens is 1. The fourth-order valence-corrected chi connectivity index (χ4v) is 3.11. The third-order valence-electron chi connectivity index (χ3n) is 4.46. The molecule has 0 unspecified atom stereocenters. The number of aliphatic hydroxyl groups is 2. The lowest BCUT2D eigenvalue weighted by Gasteiger charge is -2.26. The summed E-state index contributed by atoms with van der Waals surface area (Å²) in [5, 5.41) is 19.8. The van der Waals surface area contributed by atoms with E-state index in [1.54, 1.807) is 14.0 Å². The molecule has 9 nitrogen and oxygen atoms in total. The van der Waals surface area contributed by atoms with Gasteiger partial charge in [-0.25, -0.2) is 4.79 Å². The molecule has 3 N–H and O–H groups in total. The highest BCUT2D eigenvalue weighted by atomic mass is 16.5. The highest BCUT2D eigenvalue weighted by Gasteiger charge is 2.44. The SMILES string of the molecule is COCCOCCO[C@H]1[C@H](CO)[C@@H](O)C[C@@H]1n1cc(C)c(=O)[nH]c1=O. The summed E-state index contributed by atoms with van der Waals surface area (Å²) in [6.07, 6.45) is 0.359. The zero-order valence-electron chi connectivity index (χ0n) is 14.5. The average Bonchev–Trinajstić information content (AvgIpc) is 2.89. The van der Waals surface area contributed by atoms with Crippen LogP contribution in [-0.4, -0.2) is 72.1 Å². The molecule has 1 heterocycles. The van der Waals surface area contributed by atoms with Crippen LogP contribution >= 0.6 is 0 Å². The topological polar surface area (TPSA) is 123 Å². The molecule has 1 aromatic heterocycles. The molecule has 0 aliphatic heterocycles. The van der Waals surface area contributed by atoms with Crippen LogP contribution in [0.2, 0.25) is 0 Å². The highest BCUT2D eigenvalue weighted by molar-refractivity contribution is 5.05. The molecule has 0 amide bonds. The summed E-state index contributed by atoms with van der Waals surface area (Å²) in [5.74, 6) is -0.511. The van der Waals surface area contributed by atoms with Crippen LogP contribution in [0.1, 0.15) is 18.0 Å². The van der Waals surface area contributed by atoms with Crippen molar-refractivity contribution in [2.45, 2.75) is 31.6 Å². The highest BCUT2D eigenvalue weighted by Crippen LogP contribution is 2.36. The van der Waals surface area contributed by atoms with Gasteiger partial charge in [0, 0.05) is 24.8 Å². The Balaban J connectivity index is 2.11. The van der Waals surface area contributed by atoms with E-state index in [2.05, 4.69) is 4.98 Å². The van der Waals surface area contributed by atoms with Crippen LogP contribution in [0.3, 0.4) is 0 Å². The summed E-state index contributed by atoms with van der Waals surface area (Å²) in [6, 6.07) is -0.478. The number of hydrogen-bond acceptors (Lipinski definition) is 7. The molecule has 1 aliphatic carbocycles. The molecule has 0 radical (unpaired) electrons. The van der Waals surface area contributed by atoms with Crippen molar-refractivity contribution in [3.63, 3.8) is 0 Å². The van der Waals surface area contributed by atoms with E-state index >= 15 is 0 Å². The first kappa shape index (κ1) is 19.8. The fraction of sp³-hybridized carbons (Fsp3) is 0.750. The van der Waals surface area contributed by atoms with Crippen LogP contribution in [0.25, 0.3) is 0 Å². The van der Waals surface area contributed by atoms with Gasteiger partial charge in [0.1, 0.15) is 0 Å². The second-order valence-corrected chi connectivity index (χ2v) is 6.14. The Kier molecular flexibility index (Phi) is 7.33. The molecule has 4 atom stereocenters. The van der Waals surface area contributed by atoms with Crippen molar-refractivity contribution in [2.24, 2.45) is 5.92 Å². The summed E-state index contributed by atoms with van der Waals surface area (Å²) in [7, 11) is 1.58. The maximum Gasteiger partial charge on any atom is 0.328 e. The van der Waals surface area contributed by atoms with Gasteiger partial charge in [-0.05, 0) is 13.3 Å². The number of ether oxygens (including phenoxy) is 3. The number of rotatable bonds is 9. The van der Waals surface area contributed by atoms with Crippen molar-refractivity contribution in [3.8, 4) is 0 Å². The number of nitrogens with zero attached hydrogens (tertiary/aromatic N) is 1. The first-order valence-corrected chi connectivity index (χ1v) is 8.28. The third kappa shape index (κ3) is 4.77. The van der Waals surface area contributed by atoms with Crippen LogP contribution in [0.5, 0.6) is 0 Å². The number of aromatic nitrogens is 2. The quantitative estimate of drug-likeness (QED) is 0.474. The van der Waals surface area contributed by atoms with Gasteiger partial charge < -0.3 is 24.4 Å².